The van der Waals surface area contributed by atoms with Gasteiger partial charge in [-0.1, -0.05) is 13.3 Å². The maximum absolute atomic E-state index is 12.1. The van der Waals surface area contributed by atoms with Crippen molar-refractivity contribution in [2.45, 2.75) is 32.6 Å². The van der Waals surface area contributed by atoms with Crippen LogP contribution in [0.1, 0.15) is 39.9 Å². The molecule has 18 heavy (non-hydrogen) atoms. The molecule has 1 aliphatic rings. The fraction of sp³-hybridized carbons (Fsp3) is 0.643. The molecule has 2 rings (SSSR count). The highest BCUT2D eigenvalue weighted by Crippen LogP contribution is 2.33. The molecule has 1 heterocycles. The van der Waals surface area contributed by atoms with Crippen LogP contribution >= 0.6 is 11.3 Å². The molecule has 100 valence electrons. The lowest BCUT2D eigenvalue weighted by Gasteiger charge is -2.19. The van der Waals surface area contributed by atoms with E-state index in [1.54, 1.807) is 23.3 Å². The molecule has 1 unspecified atom stereocenters. The second kappa shape index (κ2) is 5.85. The lowest BCUT2D eigenvalue weighted by molar-refractivity contribution is 0.0771. The van der Waals surface area contributed by atoms with E-state index in [2.05, 4.69) is 13.0 Å². The number of aliphatic hydroxyl groups is 1. The molecular formula is C14H21NO2S. The minimum absolute atomic E-state index is 0.0191. The zero-order valence-corrected chi connectivity index (χ0v) is 11.9. The first-order valence-corrected chi connectivity index (χ1v) is 7.45. The van der Waals surface area contributed by atoms with Crippen LogP contribution in [0.2, 0.25) is 0 Å². The molecule has 0 aliphatic heterocycles. The van der Waals surface area contributed by atoms with Gasteiger partial charge in [-0.15, -0.1) is 11.3 Å². The van der Waals surface area contributed by atoms with Crippen molar-refractivity contribution >= 4 is 17.2 Å². The molecule has 0 saturated carbocycles. The maximum Gasteiger partial charge on any atom is 0.263 e. The number of nitrogens with zero attached hydrogens (tertiary/aromatic N) is 1. The average Bonchev–Trinajstić information content (AvgIpc) is 2.80. The van der Waals surface area contributed by atoms with Crippen LogP contribution in [0.15, 0.2) is 6.07 Å². The number of aryl methyl sites for hydroxylation is 1. The smallest absolute Gasteiger partial charge is 0.263 e. The molecule has 1 aromatic heterocycles. The van der Waals surface area contributed by atoms with Crippen LogP contribution in [0, 0.1) is 5.92 Å². The number of fused-ring (bicyclic) bond motifs is 1. The second-order valence-electron chi connectivity index (χ2n) is 5.03. The van der Waals surface area contributed by atoms with E-state index >= 15 is 0 Å². The molecule has 3 nitrogen and oxygen atoms in total. The summed E-state index contributed by atoms with van der Waals surface area (Å²) in [5, 5.41) is 8.87. The zero-order valence-electron chi connectivity index (χ0n) is 11.1. The van der Waals surface area contributed by atoms with Gasteiger partial charge in [-0.3, -0.25) is 4.79 Å². The van der Waals surface area contributed by atoms with Gasteiger partial charge in [0.05, 0.1) is 11.5 Å². The van der Waals surface area contributed by atoms with Crippen LogP contribution in [0.3, 0.4) is 0 Å². The van der Waals surface area contributed by atoms with Crippen molar-refractivity contribution in [2.75, 3.05) is 20.2 Å². The lowest BCUT2D eigenvalue weighted by atomic mass is 9.87. The Labute approximate surface area is 112 Å². The number of likely N-dealkylation sites (N-methyl/N-ethyl adjacent to an activating group) is 1. The van der Waals surface area contributed by atoms with Gasteiger partial charge in [-0.2, -0.15) is 0 Å². The number of carbonyl (C=O) groups excluding carboxylic acids is 1. The van der Waals surface area contributed by atoms with Gasteiger partial charge >= 0.3 is 0 Å². The summed E-state index contributed by atoms with van der Waals surface area (Å²) >= 11 is 1.64. The van der Waals surface area contributed by atoms with Crippen LogP contribution in [0.5, 0.6) is 0 Å². The van der Waals surface area contributed by atoms with E-state index in [1.807, 2.05) is 0 Å². The van der Waals surface area contributed by atoms with Gasteiger partial charge in [0.2, 0.25) is 0 Å². The minimum atomic E-state index is 0.0191. The van der Waals surface area contributed by atoms with Gasteiger partial charge in [0, 0.05) is 18.5 Å². The largest absolute Gasteiger partial charge is 0.395 e. The van der Waals surface area contributed by atoms with Gasteiger partial charge in [0.1, 0.15) is 0 Å². The molecule has 1 amide bonds. The molecule has 0 saturated heterocycles. The molecule has 0 bridgehead atoms. The number of thiophene rings is 1. The zero-order chi connectivity index (χ0) is 13.1. The Morgan fingerprint density at radius 2 is 2.39 bits per heavy atom. The fourth-order valence-electron chi connectivity index (χ4n) is 2.49. The van der Waals surface area contributed by atoms with Crippen LogP contribution in [0.25, 0.3) is 0 Å². The van der Waals surface area contributed by atoms with Crippen molar-refractivity contribution < 1.29 is 9.90 Å². The topological polar surface area (TPSA) is 40.5 Å². The van der Waals surface area contributed by atoms with E-state index in [0.29, 0.717) is 6.54 Å². The molecule has 1 N–H and O–H groups in total. The highest BCUT2D eigenvalue weighted by atomic mass is 32.1. The Kier molecular flexibility index (Phi) is 4.40. The summed E-state index contributed by atoms with van der Waals surface area (Å²) in [5.74, 6) is 0.821. The van der Waals surface area contributed by atoms with Crippen LogP contribution in [-0.2, 0) is 12.8 Å². The Hall–Kier alpha value is -0.870. The Bertz CT molecular complexity index is 427. The fourth-order valence-corrected chi connectivity index (χ4v) is 3.70. The van der Waals surface area contributed by atoms with Crippen LogP contribution in [-0.4, -0.2) is 36.1 Å². The molecule has 0 fully saturated rings. The van der Waals surface area contributed by atoms with Crippen molar-refractivity contribution in [1.82, 2.24) is 4.90 Å². The van der Waals surface area contributed by atoms with Gasteiger partial charge in [0.15, 0.2) is 0 Å². The highest BCUT2D eigenvalue weighted by Gasteiger charge is 2.23. The molecule has 0 radical (unpaired) electrons. The summed E-state index contributed by atoms with van der Waals surface area (Å²) in [5.41, 5.74) is 1.37. The summed E-state index contributed by atoms with van der Waals surface area (Å²) in [6.07, 6.45) is 4.72. The van der Waals surface area contributed by atoms with Gasteiger partial charge < -0.3 is 10.0 Å². The monoisotopic (exact) mass is 267 g/mol. The van der Waals surface area contributed by atoms with E-state index in [1.165, 1.54) is 23.3 Å². The van der Waals surface area contributed by atoms with E-state index in [4.69, 9.17) is 5.11 Å². The first-order chi connectivity index (χ1) is 8.65. The third kappa shape index (κ3) is 2.75. The van der Waals surface area contributed by atoms with E-state index < -0.39 is 0 Å². The standard InChI is InChI=1S/C14H21NO2S/c1-3-10-4-5-12-11(8-10)9-13(18-12)14(17)15(2)6-7-16/h9-10,16H,3-8H2,1-2H3. The number of aliphatic hydroxyl groups excluding tert-OH is 1. The third-order valence-electron chi connectivity index (χ3n) is 3.76. The minimum Gasteiger partial charge on any atom is -0.395 e. The van der Waals surface area contributed by atoms with Gasteiger partial charge in [0.25, 0.3) is 5.91 Å². The molecule has 1 aliphatic carbocycles. The quantitative estimate of drug-likeness (QED) is 0.909. The van der Waals surface area contributed by atoms with Crippen molar-refractivity contribution in [3.8, 4) is 0 Å². The first-order valence-electron chi connectivity index (χ1n) is 6.63. The van der Waals surface area contributed by atoms with Crippen molar-refractivity contribution in [3.05, 3.63) is 21.4 Å². The van der Waals surface area contributed by atoms with E-state index in [0.717, 1.165) is 23.6 Å². The average molecular weight is 267 g/mol. The summed E-state index contributed by atoms with van der Waals surface area (Å²) in [6, 6.07) is 2.07. The highest BCUT2D eigenvalue weighted by molar-refractivity contribution is 7.14. The molecular weight excluding hydrogens is 246 g/mol. The van der Waals surface area contributed by atoms with Gasteiger partial charge in [-0.05, 0) is 36.8 Å². The molecule has 1 atom stereocenters. The normalized spacial score (nSPS) is 18.5. The molecule has 0 spiro atoms. The Morgan fingerprint density at radius 1 is 1.61 bits per heavy atom. The lowest BCUT2D eigenvalue weighted by Crippen LogP contribution is -2.28. The maximum atomic E-state index is 12.1. The SMILES string of the molecule is CCC1CCc2sc(C(=O)N(C)CCO)cc2C1. The van der Waals surface area contributed by atoms with Crippen molar-refractivity contribution in [1.29, 1.82) is 0 Å². The predicted octanol–water partition coefficient (Wildman–Crippen LogP) is 2.33. The summed E-state index contributed by atoms with van der Waals surface area (Å²) < 4.78 is 0. The van der Waals surface area contributed by atoms with Gasteiger partial charge in [-0.25, -0.2) is 0 Å². The number of carbonyl (C=O) groups is 1. The second-order valence-corrected chi connectivity index (χ2v) is 6.16. The van der Waals surface area contributed by atoms with E-state index in [9.17, 15) is 4.79 Å². The molecule has 0 aromatic carbocycles. The van der Waals surface area contributed by atoms with Crippen molar-refractivity contribution in [3.63, 3.8) is 0 Å². The van der Waals surface area contributed by atoms with Crippen molar-refractivity contribution in [2.24, 2.45) is 5.92 Å². The Morgan fingerprint density at radius 3 is 3.06 bits per heavy atom. The van der Waals surface area contributed by atoms with Crippen LogP contribution < -0.4 is 0 Å². The predicted molar refractivity (Wildman–Crippen MR) is 74.2 cm³/mol. The van der Waals surface area contributed by atoms with Crippen LogP contribution in [0.4, 0.5) is 0 Å². The first kappa shape index (κ1) is 13.6. The summed E-state index contributed by atoms with van der Waals surface area (Å²) in [4.78, 5) is 15.9. The third-order valence-corrected chi connectivity index (χ3v) is 4.98. The van der Waals surface area contributed by atoms with E-state index in [-0.39, 0.29) is 12.5 Å². The number of amides is 1. The number of hydrogen-bond acceptors (Lipinski definition) is 3. The summed E-state index contributed by atoms with van der Waals surface area (Å²) in [6.45, 7) is 2.66. The molecule has 1 aromatic rings. The number of hydrogen-bond donors (Lipinski definition) is 1. The Balaban J connectivity index is 2.12. The summed E-state index contributed by atoms with van der Waals surface area (Å²) in [7, 11) is 1.74. The number of rotatable bonds is 4. The molecule has 4 heteroatoms.